The number of aromatic amines is 1. The van der Waals surface area contributed by atoms with Crippen molar-refractivity contribution in [3.8, 4) is 5.88 Å². The molecule has 0 saturated carbocycles. The summed E-state index contributed by atoms with van der Waals surface area (Å²) in [7, 11) is 1.33. The van der Waals surface area contributed by atoms with E-state index in [4.69, 9.17) is 9.47 Å². The number of pyridine rings is 1. The van der Waals surface area contributed by atoms with Gasteiger partial charge < -0.3 is 19.8 Å². The Hall–Kier alpha value is -2.83. The highest BCUT2D eigenvalue weighted by Crippen LogP contribution is 2.20. The van der Waals surface area contributed by atoms with Gasteiger partial charge in [-0.05, 0) is 31.9 Å². The number of hydrogen-bond donors (Lipinski definition) is 2. The van der Waals surface area contributed by atoms with Gasteiger partial charge in [0, 0.05) is 24.0 Å². The highest BCUT2D eigenvalue weighted by molar-refractivity contribution is 6.00. The summed E-state index contributed by atoms with van der Waals surface area (Å²) in [6.07, 6.45) is 2.23. The van der Waals surface area contributed by atoms with Crippen molar-refractivity contribution in [2.24, 2.45) is 0 Å². The molecule has 0 radical (unpaired) electrons. The molecule has 0 saturated heterocycles. The number of amides is 1. The van der Waals surface area contributed by atoms with Crippen molar-refractivity contribution < 1.29 is 19.1 Å². The second-order valence-corrected chi connectivity index (χ2v) is 5.41. The number of methoxy groups -OCH3 is 1. The van der Waals surface area contributed by atoms with Gasteiger partial charge >= 0.3 is 5.97 Å². The average Bonchev–Trinajstić information content (AvgIpc) is 2.97. The molecule has 134 valence electrons. The molecular formula is C18H23N3O4. The third-order valence-corrected chi connectivity index (χ3v) is 3.87. The minimum Gasteiger partial charge on any atom is -0.478 e. The first-order chi connectivity index (χ1) is 12.0. The number of rotatable bonds is 7. The highest BCUT2D eigenvalue weighted by atomic mass is 16.5. The second-order valence-electron chi connectivity index (χ2n) is 5.41. The second kappa shape index (κ2) is 8.32. The first kappa shape index (κ1) is 18.5. The highest BCUT2D eigenvalue weighted by Gasteiger charge is 2.23. The Kier molecular flexibility index (Phi) is 6.16. The Bertz CT molecular complexity index is 768. The van der Waals surface area contributed by atoms with Gasteiger partial charge in [0.05, 0.1) is 19.3 Å². The number of hydrogen-bond acceptors (Lipinski definition) is 5. The van der Waals surface area contributed by atoms with Gasteiger partial charge in [0.2, 0.25) is 5.88 Å². The third-order valence-electron chi connectivity index (χ3n) is 3.87. The molecule has 25 heavy (non-hydrogen) atoms. The molecular weight excluding hydrogens is 322 g/mol. The molecule has 2 heterocycles. The topological polar surface area (TPSA) is 93.3 Å². The van der Waals surface area contributed by atoms with Crippen LogP contribution in [0.15, 0.2) is 18.3 Å². The zero-order valence-electron chi connectivity index (χ0n) is 14.9. The lowest BCUT2D eigenvalue weighted by atomic mass is 10.1. The van der Waals surface area contributed by atoms with Crippen LogP contribution >= 0.6 is 0 Å². The van der Waals surface area contributed by atoms with Crippen molar-refractivity contribution in [2.75, 3.05) is 13.7 Å². The number of carbonyl (C=O) groups excluding carboxylic acids is 2. The van der Waals surface area contributed by atoms with Gasteiger partial charge in [-0.25, -0.2) is 9.78 Å². The van der Waals surface area contributed by atoms with Crippen molar-refractivity contribution in [1.29, 1.82) is 0 Å². The fourth-order valence-corrected chi connectivity index (χ4v) is 2.62. The zero-order chi connectivity index (χ0) is 18.4. The molecule has 0 fully saturated rings. The van der Waals surface area contributed by atoms with E-state index in [1.807, 2.05) is 19.9 Å². The van der Waals surface area contributed by atoms with Gasteiger partial charge in [-0.1, -0.05) is 13.0 Å². The normalized spacial score (nSPS) is 10.4. The van der Waals surface area contributed by atoms with E-state index in [1.165, 1.54) is 7.11 Å². The Morgan fingerprint density at radius 3 is 2.72 bits per heavy atom. The molecule has 2 N–H and O–H groups in total. The molecule has 0 atom stereocenters. The van der Waals surface area contributed by atoms with Crippen LogP contribution in [-0.2, 0) is 17.7 Å². The van der Waals surface area contributed by atoms with Crippen molar-refractivity contribution in [2.45, 2.75) is 33.7 Å². The van der Waals surface area contributed by atoms with Crippen LogP contribution in [0.25, 0.3) is 0 Å². The van der Waals surface area contributed by atoms with Crippen LogP contribution in [-0.4, -0.2) is 35.6 Å². The van der Waals surface area contributed by atoms with Gasteiger partial charge in [0.15, 0.2) is 0 Å². The Labute approximate surface area is 146 Å². The number of nitrogens with zero attached hydrogens (tertiary/aromatic N) is 1. The van der Waals surface area contributed by atoms with Crippen LogP contribution in [0.2, 0.25) is 0 Å². The number of H-pyrrole nitrogens is 1. The maximum Gasteiger partial charge on any atom is 0.339 e. The third kappa shape index (κ3) is 3.99. The van der Waals surface area contributed by atoms with E-state index in [2.05, 4.69) is 15.3 Å². The van der Waals surface area contributed by atoms with Gasteiger partial charge in [0.25, 0.3) is 5.91 Å². The van der Waals surface area contributed by atoms with Crippen molar-refractivity contribution in [3.05, 3.63) is 46.4 Å². The van der Waals surface area contributed by atoms with Gasteiger partial charge in [-0.2, -0.15) is 0 Å². The van der Waals surface area contributed by atoms with Gasteiger partial charge in [-0.15, -0.1) is 0 Å². The Balaban J connectivity index is 2.19. The number of nitrogens with one attached hydrogen (secondary N) is 2. The fraction of sp³-hybridized carbons (Fsp3) is 0.389. The van der Waals surface area contributed by atoms with Crippen molar-refractivity contribution >= 4 is 11.9 Å². The Morgan fingerprint density at radius 1 is 1.32 bits per heavy atom. The molecule has 0 aliphatic carbocycles. The molecule has 0 aromatic carbocycles. The summed E-state index contributed by atoms with van der Waals surface area (Å²) in [5.74, 6) is -0.248. The number of carbonyl (C=O) groups is 2. The summed E-state index contributed by atoms with van der Waals surface area (Å²) in [5, 5.41) is 2.83. The minimum atomic E-state index is -0.449. The number of esters is 1. The summed E-state index contributed by atoms with van der Waals surface area (Å²) in [5.41, 5.74) is 2.83. The molecule has 0 bridgehead atoms. The molecule has 0 aliphatic rings. The van der Waals surface area contributed by atoms with Crippen LogP contribution in [0.4, 0.5) is 0 Å². The van der Waals surface area contributed by atoms with Crippen LogP contribution in [0, 0.1) is 6.92 Å². The van der Waals surface area contributed by atoms with E-state index in [-0.39, 0.29) is 12.5 Å². The van der Waals surface area contributed by atoms with E-state index in [1.54, 1.807) is 19.2 Å². The lowest BCUT2D eigenvalue weighted by Crippen LogP contribution is -2.24. The standard InChI is InChI=1S/C18H23N3O4/c1-5-13-14(18(23)24-4)11(3)15(21-13)16(22)20-10-12-8-7-9-19-17(12)25-6-2/h7-9,21H,5-6,10H2,1-4H3,(H,20,22). The van der Waals surface area contributed by atoms with E-state index in [0.717, 1.165) is 5.56 Å². The molecule has 0 aliphatic heterocycles. The zero-order valence-corrected chi connectivity index (χ0v) is 14.9. The summed E-state index contributed by atoms with van der Waals surface area (Å²) in [6.45, 7) is 6.28. The van der Waals surface area contributed by atoms with E-state index in [9.17, 15) is 9.59 Å². The fourth-order valence-electron chi connectivity index (χ4n) is 2.62. The maximum absolute atomic E-state index is 12.5. The summed E-state index contributed by atoms with van der Waals surface area (Å²) in [4.78, 5) is 31.7. The van der Waals surface area contributed by atoms with E-state index < -0.39 is 5.97 Å². The SMILES string of the molecule is CCOc1ncccc1CNC(=O)c1[nH]c(CC)c(C(=O)OC)c1C. The average molecular weight is 345 g/mol. The molecule has 7 heteroatoms. The van der Waals surface area contributed by atoms with Crippen molar-refractivity contribution in [1.82, 2.24) is 15.3 Å². The molecule has 1 amide bonds. The van der Waals surface area contributed by atoms with Crippen LogP contribution in [0.3, 0.4) is 0 Å². The summed E-state index contributed by atoms with van der Waals surface area (Å²) >= 11 is 0. The number of ether oxygens (including phenoxy) is 2. The molecule has 2 rings (SSSR count). The monoisotopic (exact) mass is 345 g/mol. The van der Waals surface area contributed by atoms with Gasteiger partial charge in [0.1, 0.15) is 5.69 Å². The lowest BCUT2D eigenvalue weighted by Gasteiger charge is -2.09. The maximum atomic E-state index is 12.5. The smallest absolute Gasteiger partial charge is 0.339 e. The largest absolute Gasteiger partial charge is 0.478 e. The number of aryl methyl sites for hydroxylation is 1. The van der Waals surface area contributed by atoms with E-state index >= 15 is 0 Å². The van der Waals surface area contributed by atoms with Crippen LogP contribution < -0.4 is 10.1 Å². The molecule has 7 nitrogen and oxygen atoms in total. The van der Waals surface area contributed by atoms with E-state index in [0.29, 0.717) is 41.4 Å². The predicted octanol–water partition coefficient (Wildman–Crippen LogP) is 2.40. The summed E-state index contributed by atoms with van der Waals surface area (Å²) < 4.78 is 10.3. The molecule has 2 aromatic heterocycles. The number of aromatic nitrogens is 2. The molecule has 0 unspecified atom stereocenters. The minimum absolute atomic E-state index is 0.273. The Morgan fingerprint density at radius 2 is 2.08 bits per heavy atom. The first-order valence-electron chi connectivity index (χ1n) is 8.18. The lowest BCUT2D eigenvalue weighted by molar-refractivity contribution is 0.0599. The quantitative estimate of drug-likeness (QED) is 0.752. The molecule has 2 aromatic rings. The summed E-state index contributed by atoms with van der Waals surface area (Å²) in [6, 6.07) is 3.63. The van der Waals surface area contributed by atoms with Gasteiger partial charge in [-0.3, -0.25) is 4.79 Å². The first-order valence-corrected chi connectivity index (χ1v) is 8.18. The van der Waals surface area contributed by atoms with Crippen LogP contribution in [0.5, 0.6) is 5.88 Å². The van der Waals surface area contributed by atoms with Crippen LogP contribution in [0.1, 0.15) is 51.5 Å². The predicted molar refractivity (Wildman–Crippen MR) is 92.8 cm³/mol. The molecule has 0 spiro atoms. The van der Waals surface area contributed by atoms with Crippen molar-refractivity contribution in [3.63, 3.8) is 0 Å².